The maximum absolute atomic E-state index is 11.7. The summed E-state index contributed by atoms with van der Waals surface area (Å²) >= 11 is 2.74. The standard InChI is InChI=1S/C7H6BrF3N2O3/c8-4-5(14)12-3(13-6(4)15)1-16-2-7(9,10)11/h1-2H2,(H2,12,13,14,15). The van der Waals surface area contributed by atoms with Crippen LogP contribution in [-0.2, 0) is 11.3 Å². The summed E-state index contributed by atoms with van der Waals surface area (Å²) in [6.45, 7) is -2.00. The Bertz CT molecular complexity index is 432. The third-order valence-electron chi connectivity index (χ3n) is 1.40. The number of nitrogens with one attached hydrogen (secondary N) is 1. The summed E-state index contributed by atoms with van der Waals surface area (Å²) in [5, 5.41) is 9.08. The van der Waals surface area contributed by atoms with Crippen LogP contribution < -0.4 is 5.56 Å². The van der Waals surface area contributed by atoms with Crippen LogP contribution in [0.3, 0.4) is 0 Å². The first-order valence-electron chi connectivity index (χ1n) is 3.92. The van der Waals surface area contributed by atoms with Crippen molar-refractivity contribution in [2.24, 2.45) is 0 Å². The first kappa shape index (κ1) is 13.0. The molecule has 5 nitrogen and oxygen atoms in total. The summed E-state index contributed by atoms with van der Waals surface area (Å²) in [6, 6.07) is 0. The molecule has 0 atom stereocenters. The molecule has 0 aliphatic carbocycles. The molecule has 1 heterocycles. The monoisotopic (exact) mass is 302 g/mol. The highest BCUT2D eigenvalue weighted by Gasteiger charge is 2.27. The predicted molar refractivity (Wildman–Crippen MR) is 49.9 cm³/mol. The van der Waals surface area contributed by atoms with Gasteiger partial charge in [0.2, 0.25) is 5.88 Å². The van der Waals surface area contributed by atoms with Gasteiger partial charge in [0.05, 0.1) is 0 Å². The third-order valence-corrected chi connectivity index (χ3v) is 2.11. The summed E-state index contributed by atoms with van der Waals surface area (Å²) in [6.07, 6.45) is -4.45. The minimum Gasteiger partial charge on any atom is -0.492 e. The predicted octanol–water partition coefficient (Wildman–Crippen LogP) is 1.32. The van der Waals surface area contributed by atoms with E-state index in [1.807, 2.05) is 0 Å². The maximum atomic E-state index is 11.7. The van der Waals surface area contributed by atoms with Crippen molar-refractivity contribution in [1.29, 1.82) is 0 Å². The molecule has 0 radical (unpaired) electrons. The zero-order chi connectivity index (χ0) is 12.3. The zero-order valence-electron chi connectivity index (χ0n) is 7.64. The fourth-order valence-corrected chi connectivity index (χ4v) is 1.01. The highest BCUT2D eigenvalue weighted by Crippen LogP contribution is 2.17. The molecule has 1 aromatic rings. The molecule has 0 aliphatic rings. The van der Waals surface area contributed by atoms with E-state index in [-0.39, 0.29) is 10.3 Å². The molecular weight excluding hydrogens is 297 g/mol. The Morgan fingerprint density at radius 2 is 2.12 bits per heavy atom. The number of H-pyrrole nitrogens is 1. The van der Waals surface area contributed by atoms with Gasteiger partial charge in [-0.3, -0.25) is 4.79 Å². The average molecular weight is 303 g/mol. The molecule has 0 amide bonds. The number of hydrogen-bond donors (Lipinski definition) is 2. The fourth-order valence-electron chi connectivity index (χ4n) is 0.824. The molecular formula is C7H6BrF3N2O3. The van der Waals surface area contributed by atoms with Crippen molar-refractivity contribution in [1.82, 2.24) is 9.97 Å². The van der Waals surface area contributed by atoms with Crippen LogP contribution in [0.2, 0.25) is 0 Å². The van der Waals surface area contributed by atoms with Crippen molar-refractivity contribution in [2.45, 2.75) is 12.8 Å². The molecule has 90 valence electrons. The van der Waals surface area contributed by atoms with Crippen LogP contribution >= 0.6 is 15.9 Å². The van der Waals surface area contributed by atoms with Crippen molar-refractivity contribution in [3.63, 3.8) is 0 Å². The fraction of sp³-hybridized carbons (Fsp3) is 0.429. The Morgan fingerprint density at radius 1 is 1.50 bits per heavy atom. The van der Waals surface area contributed by atoms with Gasteiger partial charge in [-0.25, -0.2) is 0 Å². The topological polar surface area (TPSA) is 75.2 Å². The Labute approximate surface area is 95.4 Å². The van der Waals surface area contributed by atoms with E-state index in [2.05, 4.69) is 30.6 Å². The highest BCUT2D eigenvalue weighted by molar-refractivity contribution is 9.10. The van der Waals surface area contributed by atoms with Gasteiger partial charge in [-0.1, -0.05) is 0 Å². The number of hydrogen-bond acceptors (Lipinski definition) is 4. The first-order chi connectivity index (χ1) is 7.29. The molecule has 0 aromatic carbocycles. The number of aromatic hydroxyl groups is 1. The largest absolute Gasteiger partial charge is 0.492 e. The first-order valence-corrected chi connectivity index (χ1v) is 4.71. The van der Waals surface area contributed by atoms with Gasteiger partial charge in [-0.05, 0) is 15.9 Å². The van der Waals surface area contributed by atoms with Crippen LogP contribution in [0.25, 0.3) is 0 Å². The number of rotatable bonds is 3. The van der Waals surface area contributed by atoms with Gasteiger partial charge in [0.15, 0.2) is 0 Å². The Morgan fingerprint density at radius 3 is 2.62 bits per heavy atom. The minimum absolute atomic E-state index is 0.185. The second-order valence-corrected chi connectivity index (χ2v) is 3.55. The average Bonchev–Trinajstić information content (AvgIpc) is 2.12. The Kier molecular flexibility index (Phi) is 3.92. The van der Waals surface area contributed by atoms with Crippen molar-refractivity contribution < 1.29 is 23.0 Å². The molecule has 0 saturated heterocycles. The van der Waals surface area contributed by atoms with E-state index in [0.717, 1.165) is 0 Å². The van der Waals surface area contributed by atoms with Gasteiger partial charge in [0.1, 0.15) is 23.5 Å². The van der Waals surface area contributed by atoms with Gasteiger partial charge in [-0.2, -0.15) is 18.2 Å². The van der Waals surface area contributed by atoms with Crippen LogP contribution in [0.4, 0.5) is 13.2 Å². The Balaban J connectivity index is 2.66. The van der Waals surface area contributed by atoms with E-state index in [4.69, 9.17) is 5.11 Å². The van der Waals surface area contributed by atoms with Gasteiger partial charge in [-0.15, -0.1) is 0 Å². The van der Waals surface area contributed by atoms with E-state index in [1.54, 1.807) is 0 Å². The highest BCUT2D eigenvalue weighted by atomic mass is 79.9. The summed E-state index contributed by atoms with van der Waals surface area (Å²) < 4.78 is 39.2. The van der Waals surface area contributed by atoms with Crippen LogP contribution in [-0.4, -0.2) is 27.9 Å². The van der Waals surface area contributed by atoms with Crippen molar-refractivity contribution in [3.8, 4) is 5.88 Å². The lowest BCUT2D eigenvalue weighted by Gasteiger charge is -2.07. The number of halogens is 4. The van der Waals surface area contributed by atoms with Crippen LogP contribution in [0.5, 0.6) is 5.88 Å². The molecule has 0 aliphatic heterocycles. The van der Waals surface area contributed by atoms with Crippen molar-refractivity contribution >= 4 is 15.9 Å². The lowest BCUT2D eigenvalue weighted by atomic mass is 10.5. The second-order valence-electron chi connectivity index (χ2n) is 2.76. The Hall–Kier alpha value is -1.09. The van der Waals surface area contributed by atoms with Crippen LogP contribution in [0.1, 0.15) is 5.82 Å². The molecule has 0 bridgehead atoms. The zero-order valence-corrected chi connectivity index (χ0v) is 9.22. The lowest BCUT2D eigenvalue weighted by Crippen LogP contribution is -2.19. The molecule has 0 saturated carbocycles. The number of alkyl halides is 3. The molecule has 2 N–H and O–H groups in total. The molecule has 9 heteroatoms. The smallest absolute Gasteiger partial charge is 0.411 e. The van der Waals surface area contributed by atoms with E-state index in [1.165, 1.54) is 0 Å². The summed E-state index contributed by atoms with van der Waals surface area (Å²) in [5.41, 5.74) is -0.696. The summed E-state index contributed by atoms with van der Waals surface area (Å²) in [4.78, 5) is 16.6. The SMILES string of the molecule is O=c1[nH]c(COCC(F)(F)F)nc(O)c1Br. The second kappa shape index (κ2) is 4.83. The molecule has 0 fully saturated rings. The van der Waals surface area contributed by atoms with Gasteiger partial charge >= 0.3 is 6.18 Å². The van der Waals surface area contributed by atoms with Gasteiger partial charge < -0.3 is 14.8 Å². The van der Waals surface area contributed by atoms with Crippen molar-refractivity contribution in [3.05, 3.63) is 20.7 Å². The molecule has 0 unspecified atom stereocenters. The molecule has 16 heavy (non-hydrogen) atoms. The van der Waals surface area contributed by atoms with Crippen LogP contribution in [0.15, 0.2) is 9.27 Å². The number of aromatic nitrogens is 2. The number of ether oxygens (including phenoxy) is 1. The molecule has 1 rings (SSSR count). The lowest BCUT2D eigenvalue weighted by molar-refractivity contribution is -0.177. The molecule has 0 spiro atoms. The van der Waals surface area contributed by atoms with Crippen molar-refractivity contribution in [2.75, 3.05) is 6.61 Å². The maximum Gasteiger partial charge on any atom is 0.411 e. The number of nitrogens with zero attached hydrogens (tertiary/aromatic N) is 1. The third kappa shape index (κ3) is 3.81. The molecule has 1 aromatic heterocycles. The normalized spacial score (nSPS) is 11.8. The van der Waals surface area contributed by atoms with Crippen LogP contribution in [0, 0.1) is 0 Å². The van der Waals surface area contributed by atoms with Gasteiger partial charge in [0, 0.05) is 0 Å². The van der Waals surface area contributed by atoms with E-state index in [0.29, 0.717) is 0 Å². The quantitative estimate of drug-likeness (QED) is 0.883. The summed E-state index contributed by atoms with van der Waals surface area (Å²) in [5.74, 6) is -0.788. The van der Waals surface area contributed by atoms with Gasteiger partial charge in [0.25, 0.3) is 5.56 Å². The van der Waals surface area contributed by atoms with E-state index in [9.17, 15) is 18.0 Å². The summed E-state index contributed by atoms with van der Waals surface area (Å²) in [7, 11) is 0. The minimum atomic E-state index is -4.45. The van der Waals surface area contributed by atoms with E-state index >= 15 is 0 Å². The number of aromatic amines is 1. The van der Waals surface area contributed by atoms with E-state index < -0.39 is 30.8 Å².